The van der Waals surface area contributed by atoms with E-state index in [1.165, 1.54) is 0 Å². The Morgan fingerprint density at radius 2 is 1.80 bits per heavy atom. The van der Waals surface area contributed by atoms with E-state index in [0.717, 1.165) is 5.56 Å². The van der Waals surface area contributed by atoms with E-state index in [1.54, 1.807) is 13.8 Å². The van der Waals surface area contributed by atoms with Crippen LogP contribution in [0.4, 0.5) is 0 Å². The summed E-state index contributed by atoms with van der Waals surface area (Å²) in [6.45, 7) is 3.52. The molecule has 0 atom stereocenters. The standard InChI is InChI=1S/C12H11ClO2/c1-12(2)10(13)9(15-11(12)14)8-6-4-3-5-7-8/h3-7H,1-2H3. The summed E-state index contributed by atoms with van der Waals surface area (Å²) in [7, 11) is 0. The summed E-state index contributed by atoms with van der Waals surface area (Å²) < 4.78 is 5.18. The molecule has 1 aliphatic heterocycles. The highest BCUT2D eigenvalue weighted by Crippen LogP contribution is 2.43. The number of carbonyl (C=O) groups is 1. The molecule has 0 radical (unpaired) electrons. The van der Waals surface area contributed by atoms with Crippen LogP contribution in [-0.4, -0.2) is 5.97 Å². The van der Waals surface area contributed by atoms with E-state index >= 15 is 0 Å². The molecule has 0 saturated carbocycles. The van der Waals surface area contributed by atoms with Gasteiger partial charge < -0.3 is 4.74 Å². The summed E-state index contributed by atoms with van der Waals surface area (Å²) in [5.74, 6) is 0.179. The molecule has 15 heavy (non-hydrogen) atoms. The van der Waals surface area contributed by atoms with Gasteiger partial charge in [0, 0.05) is 5.56 Å². The average Bonchev–Trinajstić information content (AvgIpc) is 2.44. The van der Waals surface area contributed by atoms with E-state index in [9.17, 15) is 4.79 Å². The fourth-order valence-electron chi connectivity index (χ4n) is 1.41. The van der Waals surface area contributed by atoms with Crippen LogP contribution in [0, 0.1) is 5.41 Å². The second kappa shape index (κ2) is 3.38. The van der Waals surface area contributed by atoms with E-state index < -0.39 is 5.41 Å². The van der Waals surface area contributed by atoms with Crippen molar-refractivity contribution < 1.29 is 9.53 Å². The molecule has 0 aliphatic carbocycles. The Labute approximate surface area is 93.5 Å². The van der Waals surface area contributed by atoms with Crippen LogP contribution in [0.1, 0.15) is 19.4 Å². The minimum Gasteiger partial charge on any atom is -0.424 e. The molecule has 0 N–H and O–H groups in total. The van der Waals surface area contributed by atoms with E-state index in [2.05, 4.69) is 0 Å². The molecule has 2 rings (SSSR count). The van der Waals surface area contributed by atoms with Crippen LogP contribution in [0.5, 0.6) is 0 Å². The van der Waals surface area contributed by atoms with E-state index in [-0.39, 0.29) is 5.97 Å². The minimum absolute atomic E-state index is 0.300. The Kier molecular flexibility index (Phi) is 2.31. The molecule has 0 saturated heterocycles. The van der Waals surface area contributed by atoms with Gasteiger partial charge in [-0.25, -0.2) is 0 Å². The number of ether oxygens (including phenoxy) is 1. The minimum atomic E-state index is -0.729. The monoisotopic (exact) mass is 222 g/mol. The molecular weight excluding hydrogens is 212 g/mol. The van der Waals surface area contributed by atoms with Crippen molar-refractivity contribution in [2.45, 2.75) is 13.8 Å². The summed E-state index contributed by atoms with van der Waals surface area (Å²) >= 11 is 6.13. The average molecular weight is 223 g/mol. The number of esters is 1. The summed E-state index contributed by atoms with van der Waals surface area (Å²) in [6, 6.07) is 9.40. The fraction of sp³-hybridized carbons (Fsp3) is 0.250. The molecular formula is C12H11ClO2. The highest BCUT2D eigenvalue weighted by molar-refractivity contribution is 6.36. The van der Waals surface area contributed by atoms with Gasteiger partial charge in [0.1, 0.15) is 5.41 Å². The van der Waals surface area contributed by atoms with E-state index in [1.807, 2.05) is 30.3 Å². The van der Waals surface area contributed by atoms with Crippen molar-refractivity contribution >= 4 is 23.3 Å². The zero-order chi connectivity index (χ0) is 11.1. The summed E-state index contributed by atoms with van der Waals surface area (Å²) in [5.41, 5.74) is 0.105. The van der Waals surface area contributed by atoms with Gasteiger partial charge in [-0.2, -0.15) is 0 Å². The Balaban J connectivity index is 2.49. The van der Waals surface area contributed by atoms with Crippen molar-refractivity contribution in [2.75, 3.05) is 0 Å². The van der Waals surface area contributed by atoms with Gasteiger partial charge in [-0.1, -0.05) is 41.9 Å². The Morgan fingerprint density at radius 1 is 1.20 bits per heavy atom. The number of carbonyl (C=O) groups excluding carboxylic acids is 1. The second-order valence-electron chi connectivity index (χ2n) is 4.02. The third kappa shape index (κ3) is 1.55. The van der Waals surface area contributed by atoms with Gasteiger partial charge in [-0.15, -0.1) is 0 Å². The Bertz CT molecular complexity index is 432. The maximum Gasteiger partial charge on any atom is 0.322 e. The molecule has 1 aromatic rings. The zero-order valence-electron chi connectivity index (χ0n) is 8.58. The van der Waals surface area contributed by atoms with Crippen LogP contribution in [0.3, 0.4) is 0 Å². The van der Waals surface area contributed by atoms with Crippen LogP contribution in [-0.2, 0) is 9.53 Å². The van der Waals surface area contributed by atoms with Crippen LogP contribution < -0.4 is 0 Å². The summed E-state index contributed by atoms with van der Waals surface area (Å²) in [5, 5.41) is 0.471. The zero-order valence-corrected chi connectivity index (χ0v) is 9.34. The van der Waals surface area contributed by atoms with Gasteiger partial charge in [0.05, 0.1) is 5.03 Å². The third-order valence-corrected chi connectivity index (χ3v) is 3.13. The fourth-order valence-corrected chi connectivity index (χ4v) is 1.64. The van der Waals surface area contributed by atoms with Crippen LogP contribution in [0.25, 0.3) is 5.76 Å². The van der Waals surface area contributed by atoms with Crippen molar-refractivity contribution in [3.05, 3.63) is 40.9 Å². The molecule has 1 aliphatic rings. The van der Waals surface area contributed by atoms with Crippen molar-refractivity contribution in [1.82, 2.24) is 0 Å². The number of benzene rings is 1. The molecule has 0 aromatic heterocycles. The molecule has 1 heterocycles. The first kappa shape index (κ1) is 10.2. The van der Waals surface area contributed by atoms with Gasteiger partial charge in [0.25, 0.3) is 0 Å². The predicted molar refractivity (Wildman–Crippen MR) is 59.1 cm³/mol. The maximum absolute atomic E-state index is 11.5. The molecule has 3 heteroatoms. The second-order valence-corrected chi connectivity index (χ2v) is 4.40. The van der Waals surface area contributed by atoms with Crippen molar-refractivity contribution in [2.24, 2.45) is 5.41 Å². The number of cyclic esters (lactones) is 1. The lowest BCUT2D eigenvalue weighted by Crippen LogP contribution is -2.19. The molecule has 1 aromatic carbocycles. The summed E-state index contributed by atoms with van der Waals surface area (Å²) in [6.07, 6.45) is 0. The number of rotatable bonds is 1. The van der Waals surface area contributed by atoms with E-state index in [0.29, 0.717) is 10.8 Å². The van der Waals surface area contributed by atoms with Crippen molar-refractivity contribution in [3.63, 3.8) is 0 Å². The van der Waals surface area contributed by atoms with Gasteiger partial charge in [-0.05, 0) is 13.8 Å². The van der Waals surface area contributed by atoms with Gasteiger partial charge in [0.2, 0.25) is 0 Å². The first-order valence-corrected chi connectivity index (χ1v) is 5.09. The lowest BCUT2D eigenvalue weighted by Gasteiger charge is -2.10. The SMILES string of the molecule is CC1(C)C(=O)OC(c2ccccc2)=C1Cl. The topological polar surface area (TPSA) is 26.3 Å². The molecule has 0 bridgehead atoms. The number of hydrogen-bond acceptors (Lipinski definition) is 2. The van der Waals surface area contributed by atoms with Crippen LogP contribution in [0.2, 0.25) is 0 Å². The van der Waals surface area contributed by atoms with E-state index in [4.69, 9.17) is 16.3 Å². The predicted octanol–water partition coefficient (Wildman–Crippen LogP) is 3.18. The largest absolute Gasteiger partial charge is 0.424 e. The number of halogens is 1. The van der Waals surface area contributed by atoms with Crippen LogP contribution in [0.15, 0.2) is 35.4 Å². The molecule has 78 valence electrons. The lowest BCUT2D eigenvalue weighted by atomic mass is 9.94. The first-order chi connectivity index (χ1) is 7.03. The van der Waals surface area contributed by atoms with Gasteiger partial charge in [-0.3, -0.25) is 4.79 Å². The molecule has 0 amide bonds. The number of hydrogen-bond donors (Lipinski definition) is 0. The summed E-state index contributed by atoms with van der Waals surface area (Å²) in [4.78, 5) is 11.5. The molecule has 0 spiro atoms. The molecule has 0 fully saturated rings. The van der Waals surface area contributed by atoms with Crippen LogP contribution >= 0.6 is 11.6 Å². The van der Waals surface area contributed by atoms with Crippen molar-refractivity contribution in [3.8, 4) is 0 Å². The highest BCUT2D eigenvalue weighted by atomic mass is 35.5. The van der Waals surface area contributed by atoms with Crippen molar-refractivity contribution in [1.29, 1.82) is 0 Å². The quantitative estimate of drug-likeness (QED) is 0.683. The van der Waals surface area contributed by atoms with Gasteiger partial charge in [0.15, 0.2) is 5.76 Å². The smallest absolute Gasteiger partial charge is 0.322 e. The third-order valence-electron chi connectivity index (χ3n) is 2.49. The highest BCUT2D eigenvalue weighted by Gasteiger charge is 2.42. The normalized spacial score (nSPS) is 19.3. The van der Waals surface area contributed by atoms with Gasteiger partial charge >= 0.3 is 5.97 Å². The Hall–Kier alpha value is -1.28. The maximum atomic E-state index is 11.5. The Morgan fingerprint density at radius 3 is 2.27 bits per heavy atom. The first-order valence-electron chi connectivity index (χ1n) is 4.71. The molecule has 2 nitrogen and oxygen atoms in total. The molecule has 0 unspecified atom stereocenters. The lowest BCUT2D eigenvalue weighted by molar-refractivity contribution is -0.141.